The molecule has 1 aromatic rings. The molecule has 3 heteroatoms. The maximum absolute atomic E-state index is 13.4. The van der Waals surface area contributed by atoms with Crippen LogP contribution in [-0.4, -0.2) is 25.7 Å². The smallest absolute Gasteiger partial charge is 0.125 e. The quantitative estimate of drug-likeness (QED) is 0.867. The van der Waals surface area contributed by atoms with Crippen molar-refractivity contribution in [2.24, 2.45) is 0 Å². The number of halogens is 1. The number of rotatable bonds is 2. The van der Waals surface area contributed by atoms with E-state index in [0.29, 0.717) is 6.04 Å². The number of nitrogens with zero attached hydrogens (tertiary/aromatic N) is 1. The van der Waals surface area contributed by atoms with Crippen molar-refractivity contribution >= 4 is 5.69 Å². The van der Waals surface area contributed by atoms with E-state index < -0.39 is 0 Å². The summed E-state index contributed by atoms with van der Waals surface area (Å²) in [4.78, 5) is 2.34. The van der Waals surface area contributed by atoms with Gasteiger partial charge in [0, 0.05) is 24.8 Å². The summed E-state index contributed by atoms with van der Waals surface area (Å²) < 4.78 is 13.4. The van der Waals surface area contributed by atoms with E-state index >= 15 is 0 Å². The zero-order valence-electron chi connectivity index (χ0n) is 11.4. The molecule has 1 aliphatic heterocycles. The Morgan fingerprint density at radius 3 is 3.00 bits per heavy atom. The zero-order chi connectivity index (χ0) is 13.0. The average Bonchev–Trinajstić information content (AvgIpc) is 2.33. The Bertz CT molecular complexity index is 392. The van der Waals surface area contributed by atoms with Crippen molar-refractivity contribution in [1.29, 1.82) is 0 Å². The van der Waals surface area contributed by atoms with Gasteiger partial charge in [0.15, 0.2) is 0 Å². The first-order valence-electron chi connectivity index (χ1n) is 6.95. The van der Waals surface area contributed by atoms with Crippen LogP contribution in [0.15, 0.2) is 18.2 Å². The second-order valence-electron chi connectivity index (χ2n) is 5.12. The van der Waals surface area contributed by atoms with Gasteiger partial charge in [-0.05, 0) is 50.4 Å². The first-order chi connectivity index (χ1) is 8.70. The van der Waals surface area contributed by atoms with E-state index in [2.05, 4.69) is 24.1 Å². The molecule has 1 aliphatic rings. The Balaban J connectivity index is 2.12. The molecule has 2 rings (SSSR count). The van der Waals surface area contributed by atoms with Gasteiger partial charge in [0.2, 0.25) is 0 Å². The third-order valence-electron chi connectivity index (χ3n) is 3.79. The Kier molecular flexibility index (Phi) is 4.59. The van der Waals surface area contributed by atoms with Crippen molar-refractivity contribution in [2.75, 3.05) is 24.5 Å². The molecule has 1 unspecified atom stereocenters. The highest BCUT2D eigenvalue weighted by Gasteiger charge is 2.15. The number of anilines is 1. The summed E-state index contributed by atoms with van der Waals surface area (Å²) in [7, 11) is 0. The molecule has 1 heterocycles. The monoisotopic (exact) mass is 250 g/mol. The topological polar surface area (TPSA) is 15.3 Å². The molecule has 1 saturated heterocycles. The predicted octanol–water partition coefficient (Wildman–Crippen LogP) is 3.10. The van der Waals surface area contributed by atoms with Crippen molar-refractivity contribution < 1.29 is 4.39 Å². The number of benzene rings is 1. The molecule has 0 amide bonds. The second-order valence-corrected chi connectivity index (χ2v) is 5.12. The number of hydrogen-bond acceptors (Lipinski definition) is 2. The summed E-state index contributed by atoms with van der Waals surface area (Å²) in [5, 5.41) is 3.57. The first-order valence-corrected chi connectivity index (χ1v) is 6.95. The number of aryl methyl sites for hydroxylation is 1. The lowest BCUT2D eigenvalue weighted by molar-refractivity contribution is 0.439. The third kappa shape index (κ3) is 3.22. The number of nitrogens with one attached hydrogen (secondary N) is 1. The molecule has 0 spiro atoms. The first kappa shape index (κ1) is 13.3. The molecule has 1 N–H and O–H groups in total. The SMILES string of the molecule is CCC1CCN(c2cc(F)ccc2C)CCCN1. The van der Waals surface area contributed by atoms with Gasteiger partial charge in [0.25, 0.3) is 0 Å². The normalized spacial score (nSPS) is 21.5. The van der Waals surface area contributed by atoms with E-state index in [0.717, 1.165) is 50.1 Å². The molecule has 100 valence electrons. The van der Waals surface area contributed by atoms with Crippen LogP contribution in [0.3, 0.4) is 0 Å². The molecule has 18 heavy (non-hydrogen) atoms. The summed E-state index contributed by atoms with van der Waals surface area (Å²) in [6.07, 6.45) is 3.41. The van der Waals surface area contributed by atoms with E-state index in [9.17, 15) is 4.39 Å². The van der Waals surface area contributed by atoms with E-state index in [-0.39, 0.29) is 5.82 Å². The summed E-state index contributed by atoms with van der Waals surface area (Å²) in [5.41, 5.74) is 2.23. The molecule has 0 saturated carbocycles. The number of hydrogen-bond donors (Lipinski definition) is 1. The highest BCUT2D eigenvalue weighted by atomic mass is 19.1. The lowest BCUT2D eigenvalue weighted by atomic mass is 10.1. The van der Waals surface area contributed by atoms with Crippen molar-refractivity contribution in [3.63, 3.8) is 0 Å². The van der Waals surface area contributed by atoms with Crippen molar-refractivity contribution in [3.8, 4) is 0 Å². The van der Waals surface area contributed by atoms with Crippen LogP contribution in [0.5, 0.6) is 0 Å². The van der Waals surface area contributed by atoms with E-state index in [1.54, 1.807) is 12.1 Å². The molecule has 0 bridgehead atoms. The van der Waals surface area contributed by atoms with Gasteiger partial charge in [-0.15, -0.1) is 0 Å². The van der Waals surface area contributed by atoms with Gasteiger partial charge in [0.1, 0.15) is 5.82 Å². The molecular weight excluding hydrogens is 227 g/mol. The van der Waals surface area contributed by atoms with Crippen LogP contribution in [0, 0.1) is 12.7 Å². The van der Waals surface area contributed by atoms with Gasteiger partial charge in [-0.3, -0.25) is 0 Å². The zero-order valence-corrected chi connectivity index (χ0v) is 11.4. The molecular formula is C15H23FN2. The minimum atomic E-state index is -0.136. The summed E-state index contributed by atoms with van der Waals surface area (Å²) in [6.45, 7) is 7.35. The largest absolute Gasteiger partial charge is 0.371 e. The van der Waals surface area contributed by atoms with Crippen LogP contribution in [0.2, 0.25) is 0 Å². The minimum Gasteiger partial charge on any atom is -0.371 e. The molecule has 1 aromatic carbocycles. The van der Waals surface area contributed by atoms with E-state index in [1.807, 2.05) is 6.07 Å². The van der Waals surface area contributed by atoms with Gasteiger partial charge in [-0.2, -0.15) is 0 Å². The highest BCUT2D eigenvalue weighted by Crippen LogP contribution is 2.22. The third-order valence-corrected chi connectivity index (χ3v) is 3.79. The lowest BCUT2D eigenvalue weighted by Crippen LogP contribution is -2.39. The predicted molar refractivity (Wildman–Crippen MR) is 74.7 cm³/mol. The fourth-order valence-electron chi connectivity index (χ4n) is 2.61. The Labute approximate surface area is 109 Å². The maximum atomic E-state index is 13.4. The van der Waals surface area contributed by atoms with Crippen LogP contribution >= 0.6 is 0 Å². The van der Waals surface area contributed by atoms with Crippen LogP contribution in [0.25, 0.3) is 0 Å². The van der Waals surface area contributed by atoms with Gasteiger partial charge in [-0.1, -0.05) is 13.0 Å². The van der Waals surface area contributed by atoms with Crippen molar-refractivity contribution in [1.82, 2.24) is 5.32 Å². The fraction of sp³-hybridized carbons (Fsp3) is 0.600. The molecule has 0 aliphatic carbocycles. The summed E-state index contributed by atoms with van der Waals surface area (Å²) >= 11 is 0. The second kappa shape index (κ2) is 6.19. The van der Waals surface area contributed by atoms with Gasteiger partial charge >= 0.3 is 0 Å². The van der Waals surface area contributed by atoms with E-state index in [1.165, 1.54) is 0 Å². The highest BCUT2D eigenvalue weighted by molar-refractivity contribution is 5.53. The molecule has 2 nitrogen and oxygen atoms in total. The summed E-state index contributed by atoms with van der Waals surface area (Å²) in [5.74, 6) is -0.136. The van der Waals surface area contributed by atoms with Gasteiger partial charge in [0.05, 0.1) is 0 Å². The minimum absolute atomic E-state index is 0.136. The average molecular weight is 250 g/mol. The van der Waals surface area contributed by atoms with Crippen LogP contribution in [0.1, 0.15) is 31.7 Å². The Hall–Kier alpha value is -1.09. The molecule has 1 fully saturated rings. The lowest BCUT2D eigenvalue weighted by Gasteiger charge is -2.31. The molecule has 0 aromatic heterocycles. The molecule has 1 atom stereocenters. The summed E-state index contributed by atoms with van der Waals surface area (Å²) in [6, 6.07) is 5.69. The van der Waals surface area contributed by atoms with Gasteiger partial charge < -0.3 is 10.2 Å². The van der Waals surface area contributed by atoms with Crippen LogP contribution in [-0.2, 0) is 0 Å². The van der Waals surface area contributed by atoms with E-state index in [4.69, 9.17) is 0 Å². The fourth-order valence-corrected chi connectivity index (χ4v) is 2.61. The van der Waals surface area contributed by atoms with Gasteiger partial charge in [-0.25, -0.2) is 4.39 Å². The molecule has 0 radical (unpaired) electrons. The van der Waals surface area contributed by atoms with Crippen molar-refractivity contribution in [2.45, 2.75) is 39.2 Å². The van der Waals surface area contributed by atoms with Crippen LogP contribution < -0.4 is 10.2 Å². The maximum Gasteiger partial charge on any atom is 0.125 e. The van der Waals surface area contributed by atoms with Crippen molar-refractivity contribution in [3.05, 3.63) is 29.6 Å². The standard InChI is InChI=1S/C15H23FN2/c1-3-14-7-10-18(9-4-8-17-14)15-11-13(16)6-5-12(15)2/h5-6,11,14,17H,3-4,7-10H2,1-2H3. The Morgan fingerprint density at radius 2 is 2.22 bits per heavy atom. The Morgan fingerprint density at radius 1 is 1.39 bits per heavy atom. The van der Waals surface area contributed by atoms with Crippen LogP contribution in [0.4, 0.5) is 10.1 Å².